The molecule has 0 aromatic heterocycles. The number of nitrogens with zero attached hydrogens (tertiary/aromatic N) is 3. The summed E-state index contributed by atoms with van der Waals surface area (Å²) < 4.78 is 40.6. The molecular weight excluding hydrogens is 730 g/mol. The van der Waals surface area contributed by atoms with E-state index in [4.69, 9.17) is 28.9 Å². The molecule has 4 aliphatic rings. The standard InChI is InChI=1S/C45H62FN3O8/c1-6-25-55-45-40(49(43(52)53-7-2)30-31-14-16-33(46)17-15-31)29-38(47-57-44(3,4)5)36-27-32(12-8-10-23-50)35(13-9-11-24-51)41(42(36)45)37-28-34(18-19-39(37)56-45)54-26-22-48-20-21-48/h6,14-19,27-28,32,35,40-42,50-51H,1,7-13,20-26,29-30H2,2-5H3/t32-,35+,40-,41+,42+,45+/m0/s1. The lowest BCUT2D eigenvalue weighted by Gasteiger charge is -2.60. The van der Waals surface area contributed by atoms with Gasteiger partial charge in [-0.1, -0.05) is 42.3 Å². The van der Waals surface area contributed by atoms with Crippen LogP contribution in [-0.4, -0.2) is 102 Å². The van der Waals surface area contributed by atoms with Crippen LogP contribution in [0.4, 0.5) is 9.18 Å². The molecule has 12 heteroatoms. The number of benzene rings is 2. The summed E-state index contributed by atoms with van der Waals surface area (Å²) >= 11 is 0. The Hall–Kier alpha value is -3.97. The summed E-state index contributed by atoms with van der Waals surface area (Å²) in [7, 11) is 0. The zero-order chi connectivity index (χ0) is 40.6. The van der Waals surface area contributed by atoms with Gasteiger partial charge in [-0.3, -0.25) is 9.80 Å². The zero-order valence-electron chi connectivity index (χ0n) is 34.2. The summed E-state index contributed by atoms with van der Waals surface area (Å²) in [5.74, 6) is -0.924. The minimum atomic E-state index is -1.45. The first-order chi connectivity index (χ1) is 27.5. The number of carbonyl (C=O) groups is 1. The lowest BCUT2D eigenvalue weighted by atomic mass is 9.55. The molecule has 1 amide bonds. The number of ether oxygens (including phenoxy) is 4. The van der Waals surface area contributed by atoms with E-state index in [2.05, 4.69) is 23.6 Å². The van der Waals surface area contributed by atoms with E-state index in [1.54, 1.807) is 30.0 Å². The quantitative estimate of drug-likeness (QED) is 0.0604. The van der Waals surface area contributed by atoms with Gasteiger partial charge in [0.25, 0.3) is 0 Å². The third-order valence-corrected chi connectivity index (χ3v) is 11.4. The lowest BCUT2D eigenvalue weighted by molar-refractivity contribution is -0.256. The third kappa shape index (κ3) is 10.2. The van der Waals surface area contributed by atoms with Gasteiger partial charge in [0.15, 0.2) is 0 Å². The SMILES string of the molecule is C=CCO[C@@]12Oc3ccc(OCCN4CC4)cc3[C@H]3[C@H](CCCCO)[C@@H](CCCCO)C=C(C(=NOC(C)(C)C)C[C@@H]1N(Cc1ccc(F)cc1)C(=O)OCC)[C@H]32. The number of unbranched alkanes of at least 4 members (excludes halogenated alkanes) is 2. The van der Waals surface area contributed by atoms with Gasteiger partial charge in [0.2, 0.25) is 5.79 Å². The van der Waals surface area contributed by atoms with Crippen LogP contribution in [0.2, 0.25) is 0 Å². The Morgan fingerprint density at radius 1 is 1.09 bits per heavy atom. The van der Waals surface area contributed by atoms with Crippen LogP contribution >= 0.6 is 0 Å². The second-order valence-electron chi connectivity index (χ2n) is 16.6. The van der Waals surface area contributed by atoms with Crippen molar-refractivity contribution in [2.24, 2.45) is 22.9 Å². The molecule has 11 nitrogen and oxygen atoms in total. The Bertz CT molecular complexity index is 1720. The average molecular weight is 792 g/mol. The Morgan fingerprint density at radius 2 is 1.82 bits per heavy atom. The molecule has 57 heavy (non-hydrogen) atoms. The maximum atomic E-state index is 14.3. The van der Waals surface area contributed by atoms with Gasteiger partial charge in [0.1, 0.15) is 35.6 Å². The van der Waals surface area contributed by atoms with Crippen LogP contribution < -0.4 is 9.47 Å². The number of aliphatic hydroxyl groups is 2. The smallest absolute Gasteiger partial charge is 0.410 e. The molecule has 2 fully saturated rings. The van der Waals surface area contributed by atoms with E-state index in [9.17, 15) is 19.4 Å². The molecule has 2 aromatic rings. The van der Waals surface area contributed by atoms with Crippen molar-refractivity contribution in [1.82, 2.24) is 9.80 Å². The molecule has 312 valence electrons. The minimum Gasteiger partial charge on any atom is -0.492 e. The average Bonchev–Trinajstić information content (AvgIpc) is 4.02. The van der Waals surface area contributed by atoms with Gasteiger partial charge in [0.05, 0.1) is 24.8 Å². The van der Waals surface area contributed by atoms with Crippen molar-refractivity contribution in [1.29, 1.82) is 0 Å². The first-order valence-electron chi connectivity index (χ1n) is 20.8. The minimum absolute atomic E-state index is 0.0721. The molecule has 2 N–H and O–H groups in total. The Kier molecular flexibility index (Phi) is 14.4. The van der Waals surface area contributed by atoms with E-state index in [0.29, 0.717) is 36.5 Å². The largest absolute Gasteiger partial charge is 0.492 e. The van der Waals surface area contributed by atoms with Gasteiger partial charge in [0, 0.05) is 57.3 Å². The number of amides is 1. The molecule has 1 saturated heterocycles. The summed E-state index contributed by atoms with van der Waals surface area (Å²) in [6.45, 7) is 15.8. The number of aliphatic hydroxyl groups excluding tert-OH is 2. The topological polar surface area (TPSA) is 122 Å². The van der Waals surface area contributed by atoms with Crippen LogP contribution in [0.3, 0.4) is 0 Å². The first kappa shape index (κ1) is 42.6. The molecule has 6 rings (SSSR count). The molecule has 2 heterocycles. The molecule has 0 bridgehead atoms. The van der Waals surface area contributed by atoms with Gasteiger partial charge in [-0.15, -0.1) is 6.58 Å². The van der Waals surface area contributed by atoms with Crippen molar-refractivity contribution in [3.8, 4) is 11.5 Å². The van der Waals surface area contributed by atoms with Crippen molar-refractivity contribution >= 4 is 11.8 Å². The number of halogens is 1. The summed E-state index contributed by atoms with van der Waals surface area (Å²) in [5.41, 5.74) is 2.73. The second kappa shape index (κ2) is 19.2. The number of allylic oxidation sites excluding steroid dienone is 1. The Morgan fingerprint density at radius 3 is 2.49 bits per heavy atom. The van der Waals surface area contributed by atoms with Crippen molar-refractivity contribution in [3.05, 3.63) is 83.7 Å². The summed E-state index contributed by atoms with van der Waals surface area (Å²) in [6, 6.07) is 11.3. The third-order valence-electron chi connectivity index (χ3n) is 11.4. The van der Waals surface area contributed by atoms with Crippen molar-refractivity contribution in [3.63, 3.8) is 0 Å². The first-order valence-corrected chi connectivity index (χ1v) is 20.8. The highest BCUT2D eigenvalue weighted by Gasteiger charge is 2.65. The Balaban J connectivity index is 1.58. The molecular formula is C45H62FN3O8. The second-order valence-corrected chi connectivity index (χ2v) is 16.6. The number of fused-ring (bicyclic) bond motifs is 2. The highest BCUT2D eigenvalue weighted by atomic mass is 19.1. The van der Waals surface area contributed by atoms with Crippen LogP contribution in [0.1, 0.15) is 89.7 Å². The maximum absolute atomic E-state index is 14.3. The van der Waals surface area contributed by atoms with E-state index in [0.717, 1.165) is 62.2 Å². The van der Waals surface area contributed by atoms with Crippen molar-refractivity contribution in [2.45, 2.75) is 103 Å². The van der Waals surface area contributed by atoms with Gasteiger partial charge < -0.3 is 34.0 Å². The number of oxime groups is 1. The van der Waals surface area contributed by atoms with Gasteiger partial charge >= 0.3 is 6.09 Å². The zero-order valence-corrected chi connectivity index (χ0v) is 34.2. The molecule has 2 aromatic carbocycles. The lowest BCUT2D eigenvalue weighted by Crippen LogP contribution is -2.70. The van der Waals surface area contributed by atoms with E-state index in [1.165, 1.54) is 12.1 Å². The summed E-state index contributed by atoms with van der Waals surface area (Å²) in [4.78, 5) is 24.5. The predicted molar refractivity (Wildman–Crippen MR) is 217 cm³/mol. The molecule has 0 unspecified atom stereocenters. The fourth-order valence-electron chi connectivity index (χ4n) is 8.81. The monoisotopic (exact) mass is 791 g/mol. The fraction of sp³-hybridized carbons (Fsp3) is 0.600. The number of hydrogen-bond donors (Lipinski definition) is 2. The number of hydrogen-bond acceptors (Lipinski definition) is 10. The highest BCUT2D eigenvalue weighted by Crippen LogP contribution is 2.62. The van der Waals surface area contributed by atoms with E-state index < -0.39 is 29.4 Å². The molecule has 0 spiro atoms. The van der Waals surface area contributed by atoms with Crippen molar-refractivity contribution in [2.75, 3.05) is 52.7 Å². The van der Waals surface area contributed by atoms with Crippen LogP contribution in [0.5, 0.6) is 11.5 Å². The van der Waals surface area contributed by atoms with Crippen LogP contribution in [0.25, 0.3) is 0 Å². The van der Waals surface area contributed by atoms with E-state index >= 15 is 0 Å². The maximum Gasteiger partial charge on any atom is 0.410 e. The number of rotatable bonds is 20. The molecule has 6 atom stereocenters. The molecule has 1 saturated carbocycles. The molecule has 2 aliphatic heterocycles. The molecule has 2 aliphatic carbocycles. The highest BCUT2D eigenvalue weighted by molar-refractivity contribution is 6.03. The van der Waals surface area contributed by atoms with Gasteiger partial charge in [-0.05, 0) is 107 Å². The number of carbonyl (C=O) groups excluding carboxylic acids is 1. The van der Waals surface area contributed by atoms with Crippen molar-refractivity contribution < 1.29 is 43.2 Å². The normalized spacial score (nSPS) is 25.8. The van der Waals surface area contributed by atoms with Crippen LogP contribution in [-0.2, 0) is 20.9 Å². The van der Waals surface area contributed by atoms with Gasteiger partial charge in [-0.25, -0.2) is 9.18 Å². The predicted octanol–water partition coefficient (Wildman–Crippen LogP) is 7.61. The Labute approximate surface area is 337 Å². The van der Waals surface area contributed by atoms with Crippen LogP contribution in [0.15, 0.2) is 71.9 Å². The van der Waals surface area contributed by atoms with Gasteiger partial charge in [-0.2, -0.15) is 0 Å². The van der Waals surface area contributed by atoms with Crippen LogP contribution in [0, 0.1) is 23.6 Å². The summed E-state index contributed by atoms with van der Waals surface area (Å²) in [5, 5.41) is 24.6. The fourth-order valence-corrected chi connectivity index (χ4v) is 8.81. The van der Waals surface area contributed by atoms with E-state index in [1.807, 2.05) is 32.9 Å². The van der Waals surface area contributed by atoms with E-state index in [-0.39, 0.29) is 63.0 Å². The summed E-state index contributed by atoms with van der Waals surface area (Å²) in [6.07, 6.45) is 8.33. The molecule has 0 radical (unpaired) electrons.